The van der Waals surface area contributed by atoms with E-state index in [1.165, 1.54) is 0 Å². The maximum Gasteiger partial charge on any atom is 0.412 e. The van der Waals surface area contributed by atoms with Gasteiger partial charge in [-0.2, -0.15) is 0 Å². The number of hydrogen-bond acceptors (Lipinski definition) is 3. The summed E-state index contributed by atoms with van der Waals surface area (Å²) in [5.74, 6) is 0. The lowest BCUT2D eigenvalue weighted by molar-refractivity contribution is -0.0331. The first kappa shape index (κ1) is 13.2. The zero-order valence-electron chi connectivity index (χ0n) is 10.6. The smallest absolute Gasteiger partial charge is 0.412 e. The molecule has 1 aromatic carbocycles. The summed E-state index contributed by atoms with van der Waals surface area (Å²) in [6.07, 6.45) is -1.31. The van der Waals surface area contributed by atoms with Crippen molar-refractivity contribution in [3.05, 3.63) is 34.9 Å². The molecule has 1 amide bonds. The molecule has 1 fully saturated rings. The fourth-order valence-corrected chi connectivity index (χ4v) is 2.39. The van der Waals surface area contributed by atoms with E-state index >= 15 is 0 Å². The molecule has 5 heteroatoms. The Morgan fingerprint density at radius 1 is 1.39 bits per heavy atom. The van der Waals surface area contributed by atoms with Crippen LogP contribution in [-0.4, -0.2) is 30.4 Å². The number of ether oxygens (including phenoxy) is 2. The molecule has 18 heavy (non-hydrogen) atoms. The third-order valence-corrected chi connectivity index (χ3v) is 3.33. The molecule has 2 rings (SSSR count). The highest BCUT2D eigenvalue weighted by Gasteiger charge is 2.44. The van der Waals surface area contributed by atoms with E-state index in [4.69, 9.17) is 21.1 Å². The van der Waals surface area contributed by atoms with Gasteiger partial charge in [-0.25, -0.2) is 4.79 Å². The van der Waals surface area contributed by atoms with Crippen molar-refractivity contribution in [2.24, 2.45) is 0 Å². The Labute approximate surface area is 111 Å². The van der Waals surface area contributed by atoms with Crippen molar-refractivity contribution in [3.8, 4) is 0 Å². The molecule has 1 aliphatic heterocycles. The molecule has 0 aromatic heterocycles. The summed E-state index contributed by atoms with van der Waals surface area (Å²) in [6, 6.07) is 7.32. The lowest BCUT2D eigenvalue weighted by Crippen LogP contribution is -2.40. The quantitative estimate of drug-likeness (QED) is 0.846. The van der Waals surface area contributed by atoms with E-state index in [1.807, 2.05) is 32.0 Å². The van der Waals surface area contributed by atoms with Crippen molar-refractivity contribution in [2.45, 2.75) is 32.2 Å². The van der Waals surface area contributed by atoms with Crippen LogP contribution < -0.4 is 0 Å². The fraction of sp³-hybridized carbons (Fsp3) is 0.462. The Bertz CT molecular complexity index is 450. The average molecular weight is 270 g/mol. The minimum absolute atomic E-state index is 0.00920. The van der Waals surface area contributed by atoms with Gasteiger partial charge >= 0.3 is 6.09 Å². The van der Waals surface area contributed by atoms with Crippen molar-refractivity contribution in [1.29, 1.82) is 0 Å². The maximum atomic E-state index is 11.9. The minimum atomic E-state index is -0.487. The Kier molecular flexibility index (Phi) is 3.78. The standard InChI is InChI=1S/C13H16ClNO3/c1-8(2)15-12(17-3)11(18-13(15)16)9-6-4-5-7-10(9)14/h4-8,11-12H,1-3H3/t11-,12+/m0/s1. The summed E-state index contributed by atoms with van der Waals surface area (Å²) < 4.78 is 10.8. The second-order valence-corrected chi connectivity index (χ2v) is 4.86. The van der Waals surface area contributed by atoms with Crippen LogP contribution in [0.3, 0.4) is 0 Å². The number of halogens is 1. The average Bonchev–Trinajstić information content (AvgIpc) is 2.66. The third-order valence-electron chi connectivity index (χ3n) is 2.98. The van der Waals surface area contributed by atoms with E-state index in [-0.39, 0.29) is 12.1 Å². The van der Waals surface area contributed by atoms with Crippen molar-refractivity contribution in [2.75, 3.05) is 7.11 Å². The zero-order valence-corrected chi connectivity index (χ0v) is 11.3. The summed E-state index contributed by atoms with van der Waals surface area (Å²) in [5.41, 5.74) is 0.766. The summed E-state index contributed by atoms with van der Waals surface area (Å²) in [4.78, 5) is 13.4. The monoisotopic (exact) mass is 269 g/mol. The van der Waals surface area contributed by atoms with Gasteiger partial charge in [-0.15, -0.1) is 0 Å². The highest BCUT2D eigenvalue weighted by Crippen LogP contribution is 2.37. The normalized spacial score (nSPS) is 23.6. The SMILES string of the molecule is CO[C@@H]1[C@H](c2ccccc2Cl)OC(=O)N1C(C)C. The Morgan fingerprint density at radius 3 is 2.61 bits per heavy atom. The van der Waals surface area contributed by atoms with Crippen molar-refractivity contribution in [1.82, 2.24) is 4.90 Å². The number of amides is 1. The molecule has 4 nitrogen and oxygen atoms in total. The number of carbonyl (C=O) groups is 1. The van der Waals surface area contributed by atoms with E-state index < -0.39 is 12.3 Å². The van der Waals surface area contributed by atoms with E-state index in [0.717, 1.165) is 5.56 Å². The van der Waals surface area contributed by atoms with E-state index in [1.54, 1.807) is 18.1 Å². The Balaban J connectivity index is 2.35. The first-order chi connectivity index (χ1) is 8.56. The van der Waals surface area contributed by atoms with Gasteiger partial charge in [0.05, 0.1) is 0 Å². The van der Waals surface area contributed by atoms with Gasteiger partial charge in [-0.05, 0) is 19.9 Å². The molecule has 0 saturated carbocycles. The summed E-state index contributed by atoms with van der Waals surface area (Å²) in [6.45, 7) is 3.84. The zero-order chi connectivity index (χ0) is 13.3. The predicted molar refractivity (Wildman–Crippen MR) is 68.4 cm³/mol. The highest BCUT2D eigenvalue weighted by molar-refractivity contribution is 6.31. The minimum Gasteiger partial charge on any atom is -0.436 e. The Hall–Kier alpha value is -1.26. The first-order valence-corrected chi connectivity index (χ1v) is 6.20. The largest absolute Gasteiger partial charge is 0.436 e. The predicted octanol–water partition coefficient (Wildman–Crippen LogP) is 3.21. The van der Waals surface area contributed by atoms with Gasteiger partial charge in [0.1, 0.15) is 0 Å². The second kappa shape index (κ2) is 5.16. The van der Waals surface area contributed by atoms with Gasteiger partial charge in [0.15, 0.2) is 12.3 Å². The Morgan fingerprint density at radius 2 is 2.06 bits per heavy atom. The number of benzene rings is 1. The van der Waals surface area contributed by atoms with E-state index in [2.05, 4.69) is 0 Å². The van der Waals surface area contributed by atoms with Crippen LogP contribution in [0, 0.1) is 0 Å². The van der Waals surface area contributed by atoms with Crippen LogP contribution in [0.2, 0.25) is 5.02 Å². The molecule has 1 aliphatic rings. The second-order valence-electron chi connectivity index (χ2n) is 4.45. The molecule has 1 aromatic rings. The summed E-state index contributed by atoms with van der Waals surface area (Å²) >= 11 is 6.14. The van der Waals surface area contributed by atoms with Gasteiger partial charge in [0, 0.05) is 23.7 Å². The lowest BCUT2D eigenvalue weighted by atomic mass is 10.1. The fourth-order valence-electron chi connectivity index (χ4n) is 2.14. The molecule has 0 bridgehead atoms. The molecule has 0 spiro atoms. The molecule has 0 unspecified atom stereocenters. The van der Waals surface area contributed by atoms with Gasteiger partial charge in [0.25, 0.3) is 0 Å². The van der Waals surface area contributed by atoms with Crippen LogP contribution in [0.4, 0.5) is 4.79 Å². The number of hydrogen-bond donors (Lipinski definition) is 0. The highest BCUT2D eigenvalue weighted by atomic mass is 35.5. The van der Waals surface area contributed by atoms with Gasteiger partial charge < -0.3 is 9.47 Å². The molecule has 0 N–H and O–H groups in total. The van der Waals surface area contributed by atoms with Crippen molar-refractivity contribution < 1.29 is 14.3 Å². The maximum absolute atomic E-state index is 11.9. The number of carbonyl (C=O) groups excluding carboxylic acids is 1. The molecule has 0 radical (unpaired) electrons. The molecule has 2 atom stereocenters. The first-order valence-electron chi connectivity index (χ1n) is 5.82. The van der Waals surface area contributed by atoms with Crippen LogP contribution >= 0.6 is 11.6 Å². The van der Waals surface area contributed by atoms with Crippen LogP contribution in [0.5, 0.6) is 0 Å². The number of cyclic esters (lactones) is 1. The number of methoxy groups -OCH3 is 1. The molecular formula is C13H16ClNO3. The van der Waals surface area contributed by atoms with E-state index in [9.17, 15) is 4.79 Å². The number of rotatable bonds is 3. The van der Waals surface area contributed by atoms with Crippen LogP contribution in [0.1, 0.15) is 25.5 Å². The van der Waals surface area contributed by atoms with Crippen molar-refractivity contribution >= 4 is 17.7 Å². The lowest BCUT2D eigenvalue weighted by Gasteiger charge is -2.26. The third kappa shape index (κ3) is 2.18. The number of nitrogens with zero attached hydrogens (tertiary/aromatic N) is 1. The van der Waals surface area contributed by atoms with Gasteiger partial charge in [-0.3, -0.25) is 4.90 Å². The summed E-state index contributed by atoms with van der Waals surface area (Å²) in [7, 11) is 1.56. The topological polar surface area (TPSA) is 38.8 Å². The van der Waals surface area contributed by atoms with Crippen molar-refractivity contribution in [3.63, 3.8) is 0 Å². The van der Waals surface area contributed by atoms with Crippen LogP contribution in [-0.2, 0) is 9.47 Å². The molecule has 1 saturated heterocycles. The van der Waals surface area contributed by atoms with Crippen LogP contribution in [0.25, 0.3) is 0 Å². The molecule has 1 heterocycles. The van der Waals surface area contributed by atoms with Gasteiger partial charge in [-0.1, -0.05) is 29.8 Å². The van der Waals surface area contributed by atoms with E-state index in [0.29, 0.717) is 5.02 Å². The summed E-state index contributed by atoms with van der Waals surface area (Å²) in [5, 5.41) is 0.572. The molecular weight excluding hydrogens is 254 g/mol. The molecule has 0 aliphatic carbocycles. The molecule has 98 valence electrons. The van der Waals surface area contributed by atoms with Crippen LogP contribution in [0.15, 0.2) is 24.3 Å². The van der Waals surface area contributed by atoms with Gasteiger partial charge in [0.2, 0.25) is 0 Å².